The van der Waals surface area contributed by atoms with Crippen molar-refractivity contribution in [1.82, 2.24) is 15.2 Å². The van der Waals surface area contributed by atoms with Crippen LogP contribution in [0.3, 0.4) is 0 Å². The molecule has 2 aromatic rings. The summed E-state index contributed by atoms with van der Waals surface area (Å²) in [5.74, 6) is -0.731. The predicted octanol–water partition coefficient (Wildman–Crippen LogP) is 4.98. The van der Waals surface area contributed by atoms with Crippen molar-refractivity contribution in [3.8, 4) is 6.07 Å². The lowest BCUT2D eigenvalue weighted by Crippen LogP contribution is -2.49. The van der Waals surface area contributed by atoms with Crippen LogP contribution in [0, 0.1) is 18.3 Å². The number of esters is 1. The first-order chi connectivity index (χ1) is 16.6. The van der Waals surface area contributed by atoms with Crippen molar-refractivity contribution in [2.24, 2.45) is 0 Å². The van der Waals surface area contributed by atoms with Gasteiger partial charge in [-0.2, -0.15) is 18.4 Å². The summed E-state index contributed by atoms with van der Waals surface area (Å²) < 4.78 is 45.3. The van der Waals surface area contributed by atoms with E-state index in [9.17, 15) is 28.0 Å². The van der Waals surface area contributed by atoms with E-state index in [0.29, 0.717) is 5.56 Å². The lowest BCUT2D eigenvalue weighted by atomic mass is 9.95. The Morgan fingerprint density at radius 3 is 2.54 bits per heavy atom. The molecule has 11 heteroatoms. The van der Waals surface area contributed by atoms with E-state index in [1.165, 1.54) is 11.8 Å². The molecule has 0 saturated heterocycles. The molecule has 7 nitrogen and oxygen atoms in total. The number of pyridine rings is 1. The summed E-state index contributed by atoms with van der Waals surface area (Å²) in [6, 6.07) is 10.3. The van der Waals surface area contributed by atoms with Crippen LogP contribution in [-0.2, 0) is 15.7 Å². The summed E-state index contributed by atoms with van der Waals surface area (Å²) in [6.45, 7) is 5.06. The normalized spacial score (nSPS) is 16.1. The second kappa shape index (κ2) is 10.8. The van der Waals surface area contributed by atoms with Gasteiger partial charge in [0.1, 0.15) is 16.8 Å². The summed E-state index contributed by atoms with van der Waals surface area (Å²) in [4.78, 5) is 31.0. The molecule has 184 valence electrons. The number of hydrogen-bond acceptors (Lipinski definition) is 6. The first-order valence-corrected chi connectivity index (χ1v) is 11.8. The lowest BCUT2D eigenvalue weighted by Gasteiger charge is -2.36. The van der Waals surface area contributed by atoms with Crippen molar-refractivity contribution in [2.75, 3.05) is 18.9 Å². The molecule has 1 aliphatic rings. The van der Waals surface area contributed by atoms with Gasteiger partial charge in [0.05, 0.1) is 23.8 Å². The molecule has 2 heterocycles. The number of ether oxygens (including phenoxy) is 1. The Morgan fingerprint density at radius 2 is 1.97 bits per heavy atom. The van der Waals surface area contributed by atoms with Crippen LogP contribution in [0.15, 0.2) is 52.7 Å². The number of urea groups is 1. The minimum Gasteiger partial charge on any atom is -0.463 e. The average Bonchev–Trinajstić information content (AvgIpc) is 2.82. The zero-order valence-corrected chi connectivity index (χ0v) is 20.1. The van der Waals surface area contributed by atoms with Gasteiger partial charge in [-0.1, -0.05) is 42.1 Å². The Balaban J connectivity index is 2.13. The molecule has 1 aromatic heterocycles. The van der Waals surface area contributed by atoms with E-state index in [1.807, 2.05) is 6.07 Å². The number of alkyl halides is 3. The van der Waals surface area contributed by atoms with Gasteiger partial charge in [-0.3, -0.25) is 4.90 Å². The van der Waals surface area contributed by atoms with Gasteiger partial charge < -0.3 is 10.1 Å². The number of rotatable bonds is 7. The maximum atomic E-state index is 13.4. The molecular weight excluding hydrogens is 481 g/mol. The molecule has 1 N–H and O–H groups in total. The molecule has 2 amide bonds. The van der Waals surface area contributed by atoms with E-state index >= 15 is 0 Å². The molecule has 3 rings (SSSR count). The Hall–Kier alpha value is -3.52. The number of halogens is 3. The van der Waals surface area contributed by atoms with E-state index in [4.69, 9.17) is 4.74 Å². The largest absolute Gasteiger partial charge is 0.463 e. The van der Waals surface area contributed by atoms with E-state index in [0.717, 1.165) is 17.8 Å². The molecule has 0 radical (unpaired) electrons. The van der Waals surface area contributed by atoms with E-state index in [-0.39, 0.29) is 46.3 Å². The number of hydrogen-bond donors (Lipinski definition) is 1. The number of nitrogens with one attached hydrogen (secondary N) is 1. The minimum atomic E-state index is -4.69. The standard InChI is InChI=1S/C24H23F3N4O3S/c1-4-31-17(13-35-21-16(12-28)14(3)11-18(29-21)24(25,26)27)19(22(32)34-5-2)20(30-23(31)33)15-9-7-6-8-10-15/h6-11,20H,4-5,13H2,1-3H3,(H,30,33)/t20-/m0/s1. The minimum absolute atomic E-state index is 0.00389. The third-order valence-electron chi connectivity index (χ3n) is 5.31. The molecule has 35 heavy (non-hydrogen) atoms. The van der Waals surface area contributed by atoms with Crippen molar-refractivity contribution in [2.45, 2.75) is 38.0 Å². The highest BCUT2D eigenvalue weighted by molar-refractivity contribution is 7.99. The molecule has 1 aromatic carbocycles. The first-order valence-electron chi connectivity index (χ1n) is 10.8. The quantitative estimate of drug-likeness (QED) is 0.422. The molecule has 1 aliphatic heterocycles. The maximum absolute atomic E-state index is 13.4. The highest BCUT2D eigenvalue weighted by Crippen LogP contribution is 2.37. The number of benzene rings is 1. The van der Waals surface area contributed by atoms with Crippen LogP contribution in [0.25, 0.3) is 0 Å². The lowest BCUT2D eigenvalue weighted by molar-refractivity contribution is -0.141. The molecule has 0 unspecified atom stereocenters. The Bertz CT molecular complexity index is 1190. The number of nitriles is 1. The van der Waals surface area contributed by atoms with Crippen LogP contribution in [0.4, 0.5) is 18.0 Å². The van der Waals surface area contributed by atoms with Crippen molar-refractivity contribution in [1.29, 1.82) is 5.26 Å². The van der Waals surface area contributed by atoms with Crippen molar-refractivity contribution in [3.05, 3.63) is 70.1 Å². The van der Waals surface area contributed by atoms with Crippen LogP contribution < -0.4 is 5.32 Å². The van der Waals surface area contributed by atoms with Crippen molar-refractivity contribution >= 4 is 23.8 Å². The van der Waals surface area contributed by atoms with Gasteiger partial charge in [-0.05, 0) is 38.0 Å². The fraction of sp³-hybridized carbons (Fsp3) is 0.333. The molecule has 1 atom stereocenters. The molecule has 0 aliphatic carbocycles. The number of aromatic nitrogens is 1. The number of amides is 2. The SMILES string of the molecule is CCOC(=O)C1=C(CSc2nc(C(F)(F)F)cc(C)c2C#N)N(CC)C(=O)N[C@H]1c1ccccc1. The van der Waals surface area contributed by atoms with E-state index in [2.05, 4.69) is 10.3 Å². The van der Waals surface area contributed by atoms with Gasteiger partial charge in [-0.25, -0.2) is 14.6 Å². The zero-order chi connectivity index (χ0) is 25.8. The van der Waals surface area contributed by atoms with Gasteiger partial charge in [-0.15, -0.1) is 0 Å². The summed E-state index contributed by atoms with van der Waals surface area (Å²) in [5.41, 5.74) is 0.125. The molecule has 0 spiro atoms. The smallest absolute Gasteiger partial charge is 0.433 e. The first kappa shape index (κ1) is 26.1. The van der Waals surface area contributed by atoms with Crippen LogP contribution in [0.1, 0.15) is 42.3 Å². The topological polar surface area (TPSA) is 95.3 Å². The number of carbonyl (C=O) groups excluding carboxylic acids is 2. The van der Waals surface area contributed by atoms with Gasteiger partial charge in [0.25, 0.3) is 0 Å². The average molecular weight is 505 g/mol. The van der Waals surface area contributed by atoms with Crippen LogP contribution in [0.2, 0.25) is 0 Å². The molecule has 0 fully saturated rings. The predicted molar refractivity (Wildman–Crippen MR) is 123 cm³/mol. The highest BCUT2D eigenvalue weighted by Gasteiger charge is 2.38. The fourth-order valence-corrected chi connectivity index (χ4v) is 4.80. The summed E-state index contributed by atoms with van der Waals surface area (Å²) in [7, 11) is 0. The zero-order valence-electron chi connectivity index (χ0n) is 19.3. The Labute approximate surface area is 205 Å². The number of nitrogens with zero attached hydrogens (tertiary/aromatic N) is 3. The Morgan fingerprint density at radius 1 is 1.29 bits per heavy atom. The van der Waals surface area contributed by atoms with Crippen molar-refractivity contribution in [3.63, 3.8) is 0 Å². The van der Waals surface area contributed by atoms with Crippen LogP contribution in [0.5, 0.6) is 0 Å². The fourth-order valence-electron chi connectivity index (χ4n) is 3.70. The maximum Gasteiger partial charge on any atom is 0.433 e. The van der Waals surface area contributed by atoms with E-state index in [1.54, 1.807) is 44.2 Å². The molecule has 0 bridgehead atoms. The highest BCUT2D eigenvalue weighted by atomic mass is 32.2. The third-order valence-corrected chi connectivity index (χ3v) is 6.30. The number of carbonyl (C=O) groups is 2. The van der Waals surface area contributed by atoms with Crippen LogP contribution >= 0.6 is 11.8 Å². The van der Waals surface area contributed by atoms with Gasteiger partial charge in [0.15, 0.2) is 0 Å². The Kier molecular flexibility index (Phi) is 8.07. The van der Waals surface area contributed by atoms with Gasteiger partial charge in [0, 0.05) is 18.0 Å². The summed E-state index contributed by atoms with van der Waals surface area (Å²) in [6.07, 6.45) is -4.69. The second-order valence-electron chi connectivity index (χ2n) is 7.52. The second-order valence-corrected chi connectivity index (χ2v) is 8.49. The van der Waals surface area contributed by atoms with Crippen molar-refractivity contribution < 1.29 is 27.5 Å². The van der Waals surface area contributed by atoms with Gasteiger partial charge >= 0.3 is 18.2 Å². The summed E-state index contributed by atoms with van der Waals surface area (Å²) in [5, 5.41) is 12.2. The van der Waals surface area contributed by atoms with Gasteiger partial charge in [0.2, 0.25) is 0 Å². The van der Waals surface area contributed by atoms with E-state index < -0.39 is 29.9 Å². The molecule has 0 saturated carbocycles. The van der Waals surface area contributed by atoms with Crippen LogP contribution in [-0.4, -0.2) is 40.8 Å². The number of aryl methyl sites for hydroxylation is 1. The molecular formula is C24H23F3N4O3S. The third kappa shape index (κ3) is 5.59. The monoisotopic (exact) mass is 504 g/mol. The summed E-state index contributed by atoms with van der Waals surface area (Å²) >= 11 is 0.859. The number of thioether (sulfide) groups is 1.